The van der Waals surface area contributed by atoms with Crippen LogP contribution in [0, 0.1) is 13.8 Å². The van der Waals surface area contributed by atoms with Crippen LogP contribution in [0.2, 0.25) is 0 Å². The maximum atomic E-state index is 12.4. The zero-order chi connectivity index (χ0) is 28.3. The molecule has 3 aromatic rings. The van der Waals surface area contributed by atoms with E-state index < -0.39 is 42.9 Å². The summed E-state index contributed by atoms with van der Waals surface area (Å²) >= 11 is 0. The monoisotopic (exact) mass is 562 g/mol. The molecule has 0 aliphatic heterocycles. The summed E-state index contributed by atoms with van der Waals surface area (Å²) in [6, 6.07) is 10.6. The third kappa shape index (κ3) is 6.13. The Morgan fingerprint density at radius 1 is 0.816 bits per heavy atom. The highest BCUT2D eigenvalue weighted by Crippen LogP contribution is 2.44. The van der Waals surface area contributed by atoms with Gasteiger partial charge >= 0.3 is 0 Å². The van der Waals surface area contributed by atoms with Crippen molar-refractivity contribution < 1.29 is 31.2 Å². The molecule has 0 radical (unpaired) electrons. The van der Waals surface area contributed by atoms with Gasteiger partial charge in [0.1, 0.15) is 27.7 Å². The molecule has 0 saturated heterocycles. The van der Waals surface area contributed by atoms with Crippen LogP contribution in [-0.4, -0.2) is 46.0 Å². The first-order valence-corrected chi connectivity index (χ1v) is 14.0. The lowest BCUT2D eigenvalue weighted by Gasteiger charge is -2.12. The number of sulfone groups is 1. The van der Waals surface area contributed by atoms with E-state index in [-0.39, 0.29) is 33.4 Å². The normalized spacial score (nSPS) is 12.4. The Morgan fingerprint density at radius 2 is 1.45 bits per heavy atom. The molecule has 0 bridgehead atoms. The molecule has 38 heavy (non-hydrogen) atoms. The quantitative estimate of drug-likeness (QED) is 0.165. The molecule has 0 heterocycles. The highest BCUT2D eigenvalue weighted by atomic mass is 32.2. The average Bonchev–Trinajstić information content (AvgIpc) is 2.83. The van der Waals surface area contributed by atoms with Crippen LogP contribution < -0.4 is 16.2 Å². The molecule has 0 spiro atoms. The van der Waals surface area contributed by atoms with Gasteiger partial charge in [0.15, 0.2) is 9.84 Å². The minimum atomic E-state index is -4.81. The highest BCUT2D eigenvalue weighted by Gasteiger charge is 2.23. The first kappa shape index (κ1) is 28.6. The van der Waals surface area contributed by atoms with E-state index in [2.05, 4.69) is 20.5 Å². The second-order valence-electron chi connectivity index (χ2n) is 8.06. The minimum absolute atomic E-state index is 0.0411. The summed E-state index contributed by atoms with van der Waals surface area (Å²) in [4.78, 5) is -0.755. The maximum absolute atomic E-state index is 12.4. The number of hydrogen-bond acceptors (Lipinski definition) is 12. The van der Waals surface area contributed by atoms with E-state index >= 15 is 0 Å². The summed E-state index contributed by atoms with van der Waals surface area (Å²) in [5, 5.41) is 25.2. The number of anilines is 2. The maximum Gasteiger partial charge on any atom is 0.296 e. The number of rotatable bonds is 9. The van der Waals surface area contributed by atoms with Gasteiger partial charge < -0.3 is 21.3 Å². The number of aliphatic hydroxyl groups excluding tert-OH is 1. The Hall–Kier alpha value is -3.92. The van der Waals surface area contributed by atoms with E-state index in [0.717, 1.165) is 11.6 Å². The number of nitrogen functional groups attached to an aromatic ring is 2. The van der Waals surface area contributed by atoms with Gasteiger partial charge in [-0.2, -0.15) is 13.5 Å². The Bertz CT molecular complexity index is 1650. The van der Waals surface area contributed by atoms with Crippen LogP contribution in [0.5, 0.6) is 5.75 Å². The predicted octanol–water partition coefficient (Wildman–Crippen LogP) is 4.32. The number of aryl methyl sites for hydroxylation is 2. The number of benzene rings is 3. The van der Waals surface area contributed by atoms with Gasteiger partial charge in [-0.3, -0.25) is 4.55 Å². The average molecular weight is 563 g/mol. The lowest BCUT2D eigenvalue weighted by Crippen LogP contribution is -2.11. The molecule has 0 aromatic heterocycles. The van der Waals surface area contributed by atoms with Crippen molar-refractivity contribution in [1.29, 1.82) is 0 Å². The summed E-state index contributed by atoms with van der Waals surface area (Å²) in [5.74, 6) is -0.433. The number of ether oxygens (including phenoxy) is 1. The van der Waals surface area contributed by atoms with Crippen LogP contribution in [0.15, 0.2) is 72.7 Å². The van der Waals surface area contributed by atoms with Gasteiger partial charge in [-0.25, -0.2) is 8.42 Å². The van der Waals surface area contributed by atoms with Gasteiger partial charge in [0, 0.05) is 6.07 Å². The van der Waals surface area contributed by atoms with Crippen molar-refractivity contribution in [2.45, 2.75) is 23.6 Å². The number of hydrogen-bond donors (Lipinski definition) is 4. The van der Waals surface area contributed by atoms with Crippen molar-refractivity contribution >= 4 is 54.1 Å². The number of nitrogens with two attached hydrogens (primary N) is 2. The topological polar surface area (TPSA) is 219 Å². The van der Waals surface area contributed by atoms with Crippen LogP contribution in [0.1, 0.15) is 11.1 Å². The van der Waals surface area contributed by atoms with E-state index in [0.29, 0.717) is 11.3 Å². The Labute approximate surface area is 219 Å². The molecular weight excluding hydrogens is 536 g/mol. The van der Waals surface area contributed by atoms with E-state index in [1.165, 1.54) is 26.2 Å². The summed E-state index contributed by atoms with van der Waals surface area (Å²) in [6.07, 6.45) is 0. The molecule has 6 N–H and O–H groups in total. The lowest BCUT2D eigenvalue weighted by molar-refractivity contribution is 0.319. The van der Waals surface area contributed by atoms with Gasteiger partial charge in [-0.15, -0.1) is 15.3 Å². The zero-order valence-electron chi connectivity index (χ0n) is 20.7. The molecule has 0 saturated carbocycles. The Kier molecular flexibility index (Phi) is 8.46. The van der Waals surface area contributed by atoms with E-state index in [1.54, 1.807) is 31.2 Å². The zero-order valence-corrected chi connectivity index (χ0v) is 22.3. The molecule has 3 aromatic carbocycles. The molecule has 0 atom stereocenters. The molecule has 202 valence electrons. The summed E-state index contributed by atoms with van der Waals surface area (Å²) in [5.41, 5.74) is 12.7. The second kappa shape index (κ2) is 11.2. The van der Waals surface area contributed by atoms with Gasteiger partial charge in [0.05, 0.1) is 41.4 Å². The summed E-state index contributed by atoms with van der Waals surface area (Å²) < 4.78 is 63.8. The van der Waals surface area contributed by atoms with Crippen LogP contribution in [0.4, 0.5) is 34.1 Å². The van der Waals surface area contributed by atoms with Crippen LogP contribution in [0.3, 0.4) is 0 Å². The molecular formula is C23H26N6O7S2. The van der Waals surface area contributed by atoms with Crippen molar-refractivity contribution in [3.63, 3.8) is 0 Å². The van der Waals surface area contributed by atoms with Gasteiger partial charge in [0.2, 0.25) is 0 Å². The van der Waals surface area contributed by atoms with Gasteiger partial charge in [0.25, 0.3) is 10.1 Å². The van der Waals surface area contributed by atoms with Crippen LogP contribution >= 0.6 is 0 Å². The number of nitrogens with zero attached hydrogens (tertiary/aromatic N) is 4. The molecule has 0 aliphatic rings. The first-order valence-electron chi connectivity index (χ1n) is 10.9. The predicted molar refractivity (Wildman–Crippen MR) is 141 cm³/mol. The van der Waals surface area contributed by atoms with Crippen LogP contribution in [0.25, 0.3) is 0 Å². The number of methoxy groups -OCH3 is 1. The van der Waals surface area contributed by atoms with E-state index in [4.69, 9.17) is 21.3 Å². The lowest BCUT2D eigenvalue weighted by atomic mass is 10.2. The van der Waals surface area contributed by atoms with E-state index in [1.807, 2.05) is 0 Å². The molecule has 0 unspecified atom stereocenters. The van der Waals surface area contributed by atoms with Crippen molar-refractivity contribution in [3.05, 3.63) is 53.6 Å². The van der Waals surface area contributed by atoms with Gasteiger partial charge in [-0.05, 0) is 43.2 Å². The standard InChI is InChI=1S/C23H26N6O7S2/c1-13-6-4-5-7-15(13)26-29-23-21(24)17(11-20(22(23)25)38(33,34)35)28-27-16-10-14(2)19(12-18(16)36-3)37(31,32)9-8-30/h4-7,10-12,30H,8-9,24-25H2,1-3H3,(H,33,34,35)/b28-27+,29-26+. The SMILES string of the molecule is COc1cc(S(=O)(=O)CCO)c(C)cc1/N=N/c1cc(S(=O)(=O)O)c(N)c(/N=N/c2ccccc2C)c1N. The molecule has 0 amide bonds. The van der Waals surface area contributed by atoms with Crippen molar-refractivity contribution in [2.24, 2.45) is 20.5 Å². The Morgan fingerprint density at radius 3 is 2.05 bits per heavy atom. The van der Waals surface area contributed by atoms with E-state index in [9.17, 15) is 21.4 Å². The molecule has 0 aliphatic carbocycles. The smallest absolute Gasteiger partial charge is 0.296 e. The fourth-order valence-corrected chi connectivity index (χ4v) is 5.35. The summed E-state index contributed by atoms with van der Waals surface area (Å²) in [7, 11) is -7.30. The molecule has 0 fully saturated rings. The highest BCUT2D eigenvalue weighted by molar-refractivity contribution is 7.91. The third-order valence-corrected chi connectivity index (χ3v) is 8.13. The van der Waals surface area contributed by atoms with Crippen molar-refractivity contribution in [3.8, 4) is 5.75 Å². The number of azo groups is 2. The summed E-state index contributed by atoms with van der Waals surface area (Å²) in [6.45, 7) is 2.77. The van der Waals surface area contributed by atoms with Crippen molar-refractivity contribution in [2.75, 3.05) is 30.9 Å². The number of aliphatic hydroxyl groups is 1. The largest absolute Gasteiger partial charge is 0.494 e. The third-order valence-electron chi connectivity index (χ3n) is 5.41. The van der Waals surface area contributed by atoms with Crippen LogP contribution in [-0.2, 0) is 20.0 Å². The second-order valence-corrected chi connectivity index (χ2v) is 11.5. The fourth-order valence-electron chi connectivity index (χ4n) is 3.41. The fraction of sp³-hybridized carbons (Fsp3) is 0.217. The molecule has 3 rings (SSSR count). The molecule has 15 heteroatoms. The van der Waals surface area contributed by atoms with Gasteiger partial charge in [-0.1, -0.05) is 18.2 Å². The Balaban J connectivity index is 2.16. The molecule has 13 nitrogen and oxygen atoms in total. The van der Waals surface area contributed by atoms with Crippen molar-refractivity contribution in [1.82, 2.24) is 0 Å². The first-order chi connectivity index (χ1) is 17.8. The minimum Gasteiger partial charge on any atom is -0.494 e.